The molecular formula is C29H33N3O4. The number of aromatic nitrogens is 1. The molecule has 1 fully saturated rings. The molecule has 1 saturated heterocycles. The van der Waals surface area contributed by atoms with Crippen molar-refractivity contribution in [2.75, 3.05) is 20.3 Å². The standard InChI is InChI=1S/C29H33N3O4/c1-29(28(34)30-17-22-9-6-14-36-22)18-31-25-16-21(35-2)13-12-20(25)15-26(31)27(33)32(29)24-11-5-8-19-7-3-4-10-23(19)24/h3-4,7,10,12-13,15-16,22,24H,5-6,8-9,11,14,17-18H2,1-2H3,(H,30,34). The van der Waals surface area contributed by atoms with Gasteiger partial charge in [0.2, 0.25) is 5.91 Å². The van der Waals surface area contributed by atoms with Gasteiger partial charge in [0.15, 0.2) is 0 Å². The molecule has 2 aromatic carbocycles. The highest BCUT2D eigenvalue weighted by atomic mass is 16.5. The van der Waals surface area contributed by atoms with E-state index in [-0.39, 0.29) is 24.0 Å². The Morgan fingerprint density at radius 3 is 2.83 bits per heavy atom. The van der Waals surface area contributed by atoms with Crippen LogP contribution in [0.2, 0.25) is 0 Å². The minimum Gasteiger partial charge on any atom is -0.497 e. The van der Waals surface area contributed by atoms with E-state index in [0.717, 1.165) is 60.9 Å². The number of nitrogens with one attached hydrogen (secondary N) is 1. The van der Waals surface area contributed by atoms with Gasteiger partial charge < -0.3 is 24.3 Å². The van der Waals surface area contributed by atoms with E-state index >= 15 is 0 Å². The molecule has 3 unspecified atom stereocenters. The number of benzene rings is 2. The molecule has 0 bridgehead atoms. The maximum absolute atomic E-state index is 14.3. The molecule has 1 aromatic heterocycles. The number of ether oxygens (including phenoxy) is 2. The molecular weight excluding hydrogens is 454 g/mol. The molecule has 0 saturated carbocycles. The zero-order chi connectivity index (χ0) is 24.9. The number of aryl methyl sites for hydroxylation is 1. The number of carbonyl (C=O) groups excluding carboxylic acids is 2. The first-order valence-corrected chi connectivity index (χ1v) is 13.0. The van der Waals surface area contributed by atoms with E-state index in [2.05, 4.69) is 23.5 Å². The Hall–Kier alpha value is -3.32. The third kappa shape index (κ3) is 3.68. The van der Waals surface area contributed by atoms with E-state index in [4.69, 9.17) is 9.47 Å². The van der Waals surface area contributed by atoms with Crippen molar-refractivity contribution >= 4 is 22.7 Å². The minimum atomic E-state index is -1.06. The number of carbonyl (C=O) groups is 2. The zero-order valence-electron chi connectivity index (χ0n) is 21.0. The summed E-state index contributed by atoms with van der Waals surface area (Å²) in [5.41, 5.74) is 2.87. The number of nitrogens with zero attached hydrogens (tertiary/aromatic N) is 2. The Bertz CT molecular complexity index is 1330. The summed E-state index contributed by atoms with van der Waals surface area (Å²) >= 11 is 0. The van der Waals surface area contributed by atoms with Crippen molar-refractivity contribution in [3.63, 3.8) is 0 Å². The fraction of sp³-hybridized carbons (Fsp3) is 0.448. The Labute approximate surface area is 211 Å². The molecule has 3 heterocycles. The molecule has 2 aliphatic heterocycles. The molecule has 1 aliphatic carbocycles. The normalized spacial score (nSPS) is 25.5. The number of rotatable bonds is 5. The van der Waals surface area contributed by atoms with Crippen LogP contribution in [0.25, 0.3) is 10.9 Å². The lowest BCUT2D eigenvalue weighted by atomic mass is 9.82. The van der Waals surface area contributed by atoms with Crippen LogP contribution in [0.5, 0.6) is 5.75 Å². The van der Waals surface area contributed by atoms with Gasteiger partial charge in [-0.15, -0.1) is 0 Å². The van der Waals surface area contributed by atoms with Gasteiger partial charge in [-0.1, -0.05) is 24.3 Å². The van der Waals surface area contributed by atoms with Gasteiger partial charge in [0, 0.05) is 24.6 Å². The maximum Gasteiger partial charge on any atom is 0.271 e. The number of amides is 2. The van der Waals surface area contributed by atoms with Crippen LogP contribution < -0.4 is 10.1 Å². The van der Waals surface area contributed by atoms with Crippen molar-refractivity contribution in [1.82, 2.24) is 14.8 Å². The maximum atomic E-state index is 14.3. The SMILES string of the molecule is COc1ccc2cc3n(c2c1)CC(C)(C(=O)NCC1CCCO1)N(C1CCCc2ccccc21)C3=O. The Morgan fingerprint density at radius 1 is 1.17 bits per heavy atom. The average Bonchev–Trinajstić information content (AvgIpc) is 3.55. The third-order valence-corrected chi connectivity index (χ3v) is 8.20. The van der Waals surface area contributed by atoms with Gasteiger partial charge in [0.1, 0.15) is 17.0 Å². The molecule has 2 amide bonds. The molecule has 0 radical (unpaired) electrons. The summed E-state index contributed by atoms with van der Waals surface area (Å²) in [7, 11) is 1.64. The summed E-state index contributed by atoms with van der Waals surface area (Å²) in [6.45, 7) is 3.50. The largest absolute Gasteiger partial charge is 0.497 e. The van der Waals surface area contributed by atoms with E-state index < -0.39 is 5.54 Å². The van der Waals surface area contributed by atoms with Gasteiger partial charge in [-0.05, 0) is 68.4 Å². The fourth-order valence-corrected chi connectivity index (χ4v) is 6.31. The second-order valence-corrected chi connectivity index (χ2v) is 10.4. The summed E-state index contributed by atoms with van der Waals surface area (Å²) in [5, 5.41) is 4.11. The van der Waals surface area contributed by atoms with Crippen molar-refractivity contribution in [3.05, 3.63) is 65.4 Å². The van der Waals surface area contributed by atoms with Crippen LogP contribution in [-0.4, -0.2) is 53.2 Å². The fourth-order valence-electron chi connectivity index (χ4n) is 6.31. The second kappa shape index (κ2) is 8.96. The molecule has 0 spiro atoms. The van der Waals surface area contributed by atoms with Crippen LogP contribution in [0, 0.1) is 0 Å². The molecule has 7 nitrogen and oxygen atoms in total. The van der Waals surface area contributed by atoms with Gasteiger partial charge in [-0.3, -0.25) is 9.59 Å². The highest BCUT2D eigenvalue weighted by Crippen LogP contribution is 2.43. The lowest BCUT2D eigenvalue weighted by molar-refractivity contribution is -0.135. The Morgan fingerprint density at radius 2 is 2.03 bits per heavy atom. The smallest absolute Gasteiger partial charge is 0.271 e. The summed E-state index contributed by atoms with van der Waals surface area (Å²) in [6.07, 6.45) is 4.82. The van der Waals surface area contributed by atoms with Crippen molar-refractivity contribution in [3.8, 4) is 5.75 Å². The minimum absolute atomic E-state index is 0.0351. The van der Waals surface area contributed by atoms with Crippen molar-refractivity contribution in [2.45, 2.75) is 63.3 Å². The van der Waals surface area contributed by atoms with E-state index in [1.807, 2.05) is 46.7 Å². The van der Waals surface area contributed by atoms with Gasteiger partial charge >= 0.3 is 0 Å². The van der Waals surface area contributed by atoms with Crippen molar-refractivity contribution in [1.29, 1.82) is 0 Å². The van der Waals surface area contributed by atoms with Crippen LogP contribution >= 0.6 is 0 Å². The molecule has 3 aliphatic rings. The predicted molar refractivity (Wildman–Crippen MR) is 137 cm³/mol. The van der Waals surface area contributed by atoms with Crippen molar-refractivity contribution < 1.29 is 19.1 Å². The van der Waals surface area contributed by atoms with E-state index in [1.54, 1.807) is 7.11 Å². The highest BCUT2D eigenvalue weighted by molar-refractivity contribution is 6.04. The Kier molecular flexibility index (Phi) is 5.75. The van der Waals surface area contributed by atoms with Gasteiger partial charge in [-0.25, -0.2) is 0 Å². The molecule has 6 rings (SSSR count). The summed E-state index contributed by atoms with van der Waals surface area (Å²) in [5.74, 6) is 0.488. The van der Waals surface area contributed by atoms with Crippen LogP contribution in [0.3, 0.4) is 0 Å². The van der Waals surface area contributed by atoms with Crippen molar-refractivity contribution in [2.24, 2.45) is 0 Å². The van der Waals surface area contributed by atoms with Gasteiger partial charge in [-0.2, -0.15) is 0 Å². The number of methoxy groups -OCH3 is 1. The first-order chi connectivity index (χ1) is 17.5. The van der Waals surface area contributed by atoms with Crippen LogP contribution in [0.4, 0.5) is 0 Å². The first-order valence-electron chi connectivity index (χ1n) is 13.0. The monoisotopic (exact) mass is 487 g/mol. The lowest BCUT2D eigenvalue weighted by Gasteiger charge is -2.49. The van der Waals surface area contributed by atoms with E-state index in [9.17, 15) is 9.59 Å². The molecule has 36 heavy (non-hydrogen) atoms. The Balaban J connectivity index is 1.45. The number of hydrogen-bond acceptors (Lipinski definition) is 4. The van der Waals surface area contributed by atoms with Crippen LogP contribution in [-0.2, 0) is 22.5 Å². The van der Waals surface area contributed by atoms with Gasteiger partial charge in [0.05, 0.1) is 31.3 Å². The lowest BCUT2D eigenvalue weighted by Crippen LogP contribution is -2.65. The summed E-state index contributed by atoms with van der Waals surface area (Å²) < 4.78 is 13.2. The summed E-state index contributed by atoms with van der Waals surface area (Å²) in [6, 6.07) is 16.0. The quantitative estimate of drug-likeness (QED) is 0.584. The van der Waals surface area contributed by atoms with Crippen LogP contribution in [0.15, 0.2) is 48.5 Å². The highest BCUT2D eigenvalue weighted by Gasteiger charge is 2.51. The van der Waals surface area contributed by atoms with Gasteiger partial charge in [0.25, 0.3) is 5.91 Å². The molecule has 188 valence electrons. The zero-order valence-corrected chi connectivity index (χ0v) is 21.0. The number of hydrogen-bond donors (Lipinski definition) is 1. The first kappa shape index (κ1) is 23.1. The topological polar surface area (TPSA) is 72.8 Å². The summed E-state index contributed by atoms with van der Waals surface area (Å²) in [4.78, 5) is 30.2. The third-order valence-electron chi connectivity index (χ3n) is 8.20. The van der Waals surface area contributed by atoms with Crippen LogP contribution in [0.1, 0.15) is 60.3 Å². The molecule has 3 aromatic rings. The molecule has 1 N–H and O–H groups in total. The van der Waals surface area contributed by atoms with E-state index in [0.29, 0.717) is 18.8 Å². The predicted octanol–water partition coefficient (Wildman–Crippen LogP) is 4.24. The molecule has 7 heteroatoms. The van der Waals surface area contributed by atoms with E-state index in [1.165, 1.54) is 5.56 Å². The average molecular weight is 488 g/mol. The molecule has 3 atom stereocenters. The second-order valence-electron chi connectivity index (χ2n) is 10.4. The number of fused-ring (bicyclic) bond motifs is 4.